The van der Waals surface area contributed by atoms with Gasteiger partial charge in [0.05, 0.1) is 6.54 Å². The summed E-state index contributed by atoms with van der Waals surface area (Å²) >= 11 is 0. The molecule has 2 atom stereocenters. The van der Waals surface area contributed by atoms with Crippen molar-refractivity contribution in [3.8, 4) is 0 Å². The molecule has 0 aromatic rings. The van der Waals surface area contributed by atoms with E-state index in [0.29, 0.717) is 12.0 Å². The zero-order chi connectivity index (χ0) is 15.1. The van der Waals surface area contributed by atoms with E-state index in [1.807, 2.05) is 0 Å². The minimum Gasteiger partial charge on any atom is -0.370 e. The van der Waals surface area contributed by atoms with Crippen molar-refractivity contribution < 1.29 is 0 Å². The Morgan fingerprint density at radius 1 is 1.18 bits per heavy atom. The second-order valence-corrected chi connectivity index (χ2v) is 6.46. The Morgan fingerprint density at radius 2 is 1.95 bits per heavy atom. The van der Waals surface area contributed by atoms with Crippen LogP contribution in [0.3, 0.4) is 0 Å². The van der Waals surface area contributed by atoms with Crippen LogP contribution in [0.2, 0.25) is 0 Å². The number of guanidine groups is 1. The van der Waals surface area contributed by atoms with Crippen LogP contribution in [0.1, 0.15) is 46.0 Å². The molecule has 2 saturated heterocycles. The number of aliphatic imine (C=N–C) groups is 1. The topological polar surface area (TPSA) is 56.9 Å². The first-order chi connectivity index (χ1) is 10.2. The second kappa shape index (κ2) is 10.6. The smallest absolute Gasteiger partial charge is 0.188 e. The van der Waals surface area contributed by atoms with Crippen molar-refractivity contribution in [2.24, 2.45) is 10.7 Å². The van der Waals surface area contributed by atoms with Gasteiger partial charge in [0.1, 0.15) is 0 Å². The number of hydrogen-bond acceptors (Lipinski definition) is 3. The Morgan fingerprint density at radius 3 is 2.68 bits per heavy atom. The Hall–Kier alpha value is -0.0800. The zero-order valence-electron chi connectivity index (χ0n) is 14.3. The van der Waals surface area contributed by atoms with Crippen molar-refractivity contribution in [2.45, 2.75) is 58.0 Å². The van der Waals surface area contributed by atoms with Gasteiger partial charge in [0, 0.05) is 25.2 Å². The van der Waals surface area contributed by atoms with E-state index in [4.69, 9.17) is 5.73 Å². The molecule has 0 saturated carbocycles. The van der Waals surface area contributed by atoms with Crippen molar-refractivity contribution in [3.63, 3.8) is 0 Å². The number of hydrogen-bond donors (Lipinski definition) is 2. The summed E-state index contributed by atoms with van der Waals surface area (Å²) in [6, 6.07) is 1.31. The first-order valence-electron chi connectivity index (χ1n) is 8.72. The molecule has 130 valence electrons. The molecule has 22 heavy (non-hydrogen) atoms. The van der Waals surface area contributed by atoms with Gasteiger partial charge in [0.15, 0.2) is 5.96 Å². The van der Waals surface area contributed by atoms with Gasteiger partial charge in [-0.15, -0.1) is 24.0 Å². The molecule has 0 aliphatic carbocycles. The number of nitrogens with one attached hydrogen (secondary N) is 1. The Balaban J connectivity index is 0.00000242. The molecule has 3 N–H and O–H groups in total. The molecule has 0 bridgehead atoms. The molecule has 0 aromatic carbocycles. The van der Waals surface area contributed by atoms with Gasteiger partial charge >= 0.3 is 0 Å². The minimum absolute atomic E-state index is 0. The molecule has 2 unspecified atom stereocenters. The molecule has 0 aromatic heterocycles. The summed E-state index contributed by atoms with van der Waals surface area (Å²) in [7, 11) is 0. The van der Waals surface area contributed by atoms with Gasteiger partial charge in [0.2, 0.25) is 0 Å². The molecule has 2 rings (SSSR count). The van der Waals surface area contributed by atoms with Crippen LogP contribution in [-0.4, -0.2) is 67.1 Å². The quantitative estimate of drug-likeness (QED) is 0.389. The summed E-state index contributed by atoms with van der Waals surface area (Å²) in [6.07, 6.45) is 6.61. The van der Waals surface area contributed by atoms with Crippen LogP contribution in [0.25, 0.3) is 0 Å². The Bertz CT molecular complexity index is 336. The third-order valence-corrected chi connectivity index (χ3v) is 5.02. The standard InChI is InChI=1S/C16H33N5.HI/c1-3-20-11-6-8-15(20)13-19-16(17)18-9-12-21-10-5-4-7-14(21)2;/h14-15H,3-13H2,1-2H3,(H3,17,18,19);1H. The van der Waals surface area contributed by atoms with Crippen molar-refractivity contribution in [3.05, 3.63) is 0 Å². The molecule has 5 nitrogen and oxygen atoms in total. The minimum atomic E-state index is 0. The third-order valence-electron chi connectivity index (χ3n) is 5.02. The van der Waals surface area contributed by atoms with Crippen LogP contribution in [-0.2, 0) is 0 Å². The van der Waals surface area contributed by atoms with Gasteiger partial charge in [-0.1, -0.05) is 13.3 Å². The fraction of sp³-hybridized carbons (Fsp3) is 0.938. The van der Waals surface area contributed by atoms with Crippen LogP contribution >= 0.6 is 24.0 Å². The summed E-state index contributed by atoms with van der Waals surface area (Å²) in [5.74, 6) is 0.614. The number of piperidine rings is 1. The summed E-state index contributed by atoms with van der Waals surface area (Å²) in [6.45, 7) is 10.9. The average molecular weight is 423 g/mol. The maximum atomic E-state index is 5.99. The number of nitrogens with two attached hydrogens (primary N) is 1. The van der Waals surface area contributed by atoms with Gasteiger partial charge < -0.3 is 11.1 Å². The number of halogens is 1. The molecule has 2 aliphatic heterocycles. The van der Waals surface area contributed by atoms with E-state index in [9.17, 15) is 0 Å². The average Bonchev–Trinajstić information content (AvgIpc) is 2.94. The van der Waals surface area contributed by atoms with E-state index in [-0.39, 0.29) is 24.0 Å². The highest BCUT2D eigenvalue weighted by atomic mass is 127. The van der Waals surface area contributed by atoms with Crippen LogP contribution in [0.5, 0.6) is 0 Å². The molecule has 2 fully saturated rings. The summed E-state index contributed by atoms with van der Waals surface area (Å²) in [5.41, 5.74) is 5.99. The third kappa shape index (κ3) is 6.20. The number of rotatable bonds is 6. The lowest BCUT2D eigenvalue weighted by molar-refractivity contribution is 0.164. The van der Waals surface area contributed by atoms with Gasteiger partial charge in [0.25, 0.3) is 0 Å². The Kier molecular flexibility index (Phi) is 9.66. The van der Waals surface area contributed by atoms with E-state index in [0.717, 1.165) is 32.2 Å². The molecule has 0 spiro atoms. The van der Waals surface area contributed by atoms with Gasteiger partial charge in [-0.3, -0.25) is 14.8 Å². The van der Waals surface area contributed by atoms with Gasteiger partial charge in [-0.2, -0.15) is 0 Å². The summed E-state index contributed by atoms with van der Waals surface area (Å²) < 4.78 is 0. The van der Waals surface area contributed by atoms with Crippen LogP contribution in [0, 0.1) is 0 Å². The Labute approximate surface area is 153 Å². The first-order valence-corrected chi connectivity index (χ1v) is 8.72. The van der Waals surface area contributed by atoms with E-state index >= 15 is 0 Å². The predicted molar refractivity (Wildman–Crippen MR) is 105 cm³/mol. The fourth-order valence-corrected chi connectivity index (χ4v) is 3.60. The van der Waals surface area contributed by atoms with E-state index < -0.39 is 0 Å². The number of nitrogens with zero attached hydrogens (tertiary/aromatic N) is 3. The van der Waals surface area contributed by atoms with Crippen molar-refractivity contribution in [2.75, 3.05) is 39.3 Å². The summed E-state index contributed by atoms with van der Waals surface area (Å²) in [4.78, 5) is 9.59. The highest BCUT2D eigenvalue weighted by Crippen LogP contribution is 2.16. The lowest BCUT2D eigenvalue weighted by atomic mass is 10.0. The van der Waals surface area contributed by atoms with E-state index in [2.05, 4.69) is 34.0 Å². The first kappa shape index (κ1) is 20.0. The molecule has 0 amide bonds. The van der Waals surface area contributed by atoms with Crippen LogP contribution < -0.4 is 11.1 Å². The van der Waals surface area contributed by atoms with Crippen molar-refractivity contribution in [1.82, 2.24) is 15.1 Å². The molecule has 0 radical (unpaired) electrons. The van der Waals surface area contributed by atoms with Gasteiger partial charge in [-0.05, 0) is 52.2 Å². The normalized spacial score (nSPS) is 27.6. The molecule has 2 aliphatic rings. The van der Waals surface area contributed by atoms with Crippen molar-refractivity contribution in [1.29, 1.82) is 0 Å². The largest absolute Gasteiger partial charge is 0.370 e. The second-order valence-electron chi connectivity index (χ2n) is 6.46. The fourth-order valence-electron chi connectivity index (χ4n) is 3.60. The molecular weight excluding hydrogens is 389 g/mol. The van der Waals surface area contributed by atoms with E-state index in [1.54, 1.807) is 0 Å². The lowest BCUT2D eigenvalue weighted by Gasteiger charge is -2.33. The highest BCUT2D eigenvalue weighted by Gasteiger charge is 2.22. The molecular formula is C16H34IN5. The SMILES string of the molecule is CCN1CCCC1CN=C(N)NCCN1CCCCC1C.I. The predicted octanol–water partition coefficient (Wildman–Crippen LogP) is 1.87. The maximum absolute atomic E-state index is 5.99. The van der Waals surface area contributed by atoms with Crippen LogP contribution in [0.15, 0.2) is 4.99 Å². The number of likely N-dealkylation sites (tertiary alicyclic amines) is 2. The van der Waals surface area contributed by atoms with Gasteiger partial charge in [-0.25, -0.2) is 0 Å². The summed E-state index contributed by atoms with van der Waals surface area (Å²) in [5, 5.41) is 3.27. The van der Waals surface area contributed by atoms with Crippen LogP contribution in [0.4, 0.5) is 0 Å². The highest BCUT2D eigenvalue weighted by molar-refractivity contribution is 14.0. The zero-order valence-corrected chi connectivity index (χ0v) is 16.6. The lowest BCUT2D eigenvalue weighted by Crippen LogP contribution is -2.44. The molecule has 2 heterocycles. The monoisotopic (exact) mass is 423 g/mol. The number of likely N-dealkylation sites (N-methyl/N-ethyl adjacent to an activating group) is 1. The molecule has 6 heteroatoms. The maximum Gasteiger partial charge on any atom is 0.188 e. The van der Waals surface area contributed by atoms with E-state index in [1.165, 1.54) is 45.2 Å². The van der Waals surface area contributed by atoms with Crippen molar-refractivity contribution >= 4 is 29.9 Å².